The normalized spacial score (nSPS) is 11.0. The molecule has 2 rings (SSSR count). The molecule has 0 saturated heterocycles. The van der Waals surface area contributed by atoms with Crippen molar-refractivity contribution in [1.82, 2.24) is 5.32 Å². The number of benzene rings is 2. The number of rotatable bonds is 6. The van der Waals surface area contributed by atoms with Gasteiger partial charge in [-0.15, -0.1) is 0 Å². The highest BCUT2D eigenvalue weighted by Crippen LogP contribution is 2.12. The minimum absolute atomic E-state index is 0.0961. The second-order valence-corrected chi connectivity index (χ2v) is 5.59. The Balaban J connectivity index is 2.24. The van der Waals surface area contributed by atoms with Gasteiger partial charge in [0.05, 0.1) is 31.4 Å². The van der Waals surface area contributed by atoms with Gasteiger partial charge in [0, 0.05) is 12.0 Å². The van der Waals surface area contributed by atoms with E-state index in [1.54, 1.807) is 30.3 Å². The maximum atomic E-state index is 12.5. The lowest BCUT2D eigenvalue weighted by atomic mass is 10.0. The third-order valence-electron chi connectivity index (χ3n) is 3.90. The van der Waals surface area contributed by atoms with Crippen LogP contribution in [0.3, 0.4) is 0 Å². The summed E-state index contributed by atoms with van der Waals surface area (Å²) in [4.78, 5) is 36.3. The van der Waals surface area contributed by atoms with Crippen molar-refractivity contribution in [3.05, 3.63) is 70.8 Å². The van der Waals surface area contributed by atoms with Crippen LogP contribution in [0.1, 0.15) is 31.8 Å². The molecule has 0 spiro atoms. The van der Waals surface area contributed by atoms with Gasteiger partial charge in [-0.25, -0.2) is 9.59 Å². The first kappa shape index (κ1) is 19.7. The van der Waals surface area contributed by atoms with Crippen LogP contribution in [0.2, 0.25) is 0 Å². The van der Waals surface area contributed by atoms with Gasteiger partial charge < -0.3 is 14.8 Å². The molecule has 7 heteroatoms. The van der Waals surface area contributed by atoms with Crippen molar-refractivity contribution in [2.45, 2.75) is 12.5 Å². The zero-order valence-corrected chi connectivity index (χ0v) is 14.9. The van der Waals surface area contributed by atoms with Gasteiger partial charge in [-0.05, 0) is 29.8 Å². The highest BCUT2D eigenvalue weighted by atomic mass is 16.5. The van der Waals surface area contributed by atoms with E-state index in [1.165, 1.54) is 32.4 Å². The predicted octanol–water partition coefficient (Wildman–Crippen LogP) is 1.86. The number of hydrogen-bond acceptors (Lipinski definition) is 6. The molecule has 0 unspecified atom stereocenters. The highest BCUT2D eigenvalue weighted by Gasteiger charge is 2.24. The molecule has 0 heterocycles. The van der Waals surface area contributed by atoms with Gasteiger partial charge >= 0.3 is 11.9 Å². The fraction of sp³-hybridized carbons (Fsp3) is 0.200. The molecule has 0 aliphatic carbocycles. The first-order valence-electron chi connectivity index (χ1n) is 8.05. The molecule has 7 nitrogen and oxygen atoms in total. The number of esters is 2. The average molecular weight is 366 g/mol. The van der Waals surface area contributed by atoms with Crippen molar-refractivity contribution in [2.75, 3.05) is 14.2 Å². The summed E-state index contributed by atoms with van der Waals surface area (Å²) in [5.41, 5.74) is 1.43. The number of hydrogen-bond donors (Lipinski definition) is 1. The van der Waals surface area contributed by atoms with Crippen LogP contribution in [-0.2, 0) is 20.7 Å². The molecule has 138 valence electrons. The van der Waals surface area contributed by atoms with E-state index in [-0.39, 0.29) is 17.5 Å². The summed E-state index contributed by atoms with van der Waals surface area (Å²) in [5.74, 6) is -1.76. The van der Waals surface area contributed by atoms with E-state index < -0.39 is 23.9 Å². The Kier molecular flexibility index (Phi) is 6.67. The first-order chi connectivity index (χ1) is 13.0. The van der Waals surface area contributed by atoms with Crippen LogP contribution in [0.15, 0.2) is 48.5 Å². The van der Waals surface area contributed by atoms with Gasteiger partial charge in [0.2, 0.25) is 0 Å². The Morgan fingerprint density at radius 2 is 1.74 bits per heavy atom. The molecule has 0 aliphatic rings. The Morgan fingerprint density at radius 3 is 2.41 bits per heavy atom. The van der Waals surface area contributed by atoms with Crippen molar-refractivity contribution < 1.29 is 23.9 Å². The molecule has 2 aromatic carbocycles. The Morgan fingerprint density at radius 1 is 1.04 bits per heavy atom. The fourth-order valence-electron chi connectivity index (χ4n) is 2.51. The number of nitrogens with zero attached hydrogens (tertiary/aromatic N) is 1. The van der Waals surface area contributed by atoms with E-state index in [9.17, 15) is 19.6 Å². The van der Waals surface area contributed by atoms with Crippen molar-refractivity contribution in [3.63, 3.8) is 0 Å². The van der Waals surface area contributed by atoms with E-state index in [4.69, 9.17) is 4.74 Å². The molecule has 0 fully saturated rings. The number of methoxy groups -OCH3 is 2. The zero-order valence-electron chi connectivity index (χ0n) is 14.9. The Bertz CT molecular complexity index is 901. The smallest absolute Gasteiger partial charge is 0.337 e. The van der Waals surface area contributed by atoms with Crippen LogP contribution >= 0.6 is 0 Å². The van der Waals surface area contributed by atoms with E-state index in [1.807, 2.05) is 0 Å². The number of nitrogens with one attached hydrogen (secondary N) is 1. The standard InChI is InChI=1S/C20H18N2O5/c1-26-19(24)15-9-5-8-14(10-15)18(23)22-17(20(25)27-2)11-13-6-3-4-7-16(13)12-21/h3-10,17H,11H2,1-2H3,(H,22,23)/t17-/m0/s1. The Labute approximate surface area is 156 Å². The minimum atomic E-state index is -0.987. The number of carbonyl (C=O) groups excluding carboxylic acids is 3. The van der Waals surface area contributed by atoms with Gasteiger partial charge in [0.25, 0.3) is 5.91 Å². The molecule has 0 bridgehead atoms. The summed E-state index contributed by atoms with van der Waals surface area (Å²) in [6.45, 7) is 0. The van der Waals surface area contributed by atoms with Crippen molar-refractivity contribution >= 4 is 17.8 Å². The quantitative estimate of drug-likeness (QED) is 0.782. The molecule has 0 radical (unpaired) electrons. The number of ether oxygens (including phenoxy) is 2. The monoisotopic (exact) mass is 366 g/mol. The van der Waals surface area contributed by atoms with Crippen LogP contribution in [0, 0.1) is 11.3 Å². The SMILES string of the molecule is COC(=O)c1cccc(C(=O)N[C@@H](Cc2ccccc2C#N)C(=O)OC)c1. The second kappa shape index (κ2) is 9.15. The fourth-order valence-corrected chi connectivity index (χ4v) is 2.51. The molecular weight excluding hydrogens is 348 g/mol. The summed E-state index contributed by atoms with van der Waals surface area (Å²) in [6.07, 6.45) is 0.0961. The topological polar surface area (TPSA) is 105 Å². The molecule has 27 heavy (non-hydrogen) atoms. The van der Waals surface area contributed by atoms with Gasteiger partial charge in [-0.1, -0.05) is 24.3 Å². The largest absolute Gasteiger partial charge is 0.467 e. The number of nitriles is 1. The van der Waals surface area contributed by atoms with Crippen LogP contribution < -0.4 is 5.32 Å². The molecular formula is C20H18N2O5. The second-order valence-electron chi connectivity index (χ2n) is 5.59. The summed E-state index contributed by atoms with van der Waals surface area (Å²) < 4.78 is 9.40. The molecule has 0 aromatic heterocycles. The minimum Gasteiger partial charge on any atom is -0.467 e. The van der Waals surface area contributed by atoms with Gasteiger partial charge in [0.1, 0.15) is 6.04 Å². The lowest BCUT2D eigenvalue weighted by Crippen LogP contribution is -2.43. The molecule has 1 atom stereocenters. The number of amides is 1. The Hall–Kier alpha value is -3.66. The van der Waals surface area contributed by atoms with Gasteiger partial charge in [-0.3, -0.25) is 4.79 Å². The molecule has 0 aliphatic heterocycles. The summed E-state index contributed by atoms with van der Waals surface area (Å²) in [6, 6.07) is 13.8. The molecule has 2 aromatic rings. The molecule has 0 saturated carbocycles. The third kappa shape index (κ3) is 4.92. The maximum Gasteiger partial charge on any atom is 0.337 e. The van der Waals surface area contributed by atoms with E-state index in [0.717, 1.165) is 0 Å². The van der Waals surface area contributed by atoms with Crippen LogP contribution in [0.4, 0.5) is 0 Å². The average Bonchev–Trinajstić information content (AvgIpc) is 2.72. The van der Waals surface area contributed by atoms with Gasteiger partial charge in [-0.2, -0.15) is 5.26 Å². The van der Waals surface area contributed by atoms with E-state index in [0.29, 0.717) is 11.1 Å². The lowest BCUT2D eigenvalue weighted by Gasteiger charge is -2.17. The highest BCUT2D eigenvalue weighted by molar-refractivity contribution is 5.99. The van der Waals surface area contributed by atoms with E-state index >= 15 is 0 Å². The van der Waals surface area contributed by atoms with Crippen molar-refractivity contribution in [2.24, 2.45) is 0 Å². The summed E-state index contributed by atoms with van der Waals surface area (Å²) in [5, 5.41) is 11.8. The number of carbonyl (C=O) groups is 3. The lowest BCUT2D eigenvalue weighted by molar-refractivity contribution is -0.142. The molecule has 1 amide bonds. The van der Waals surface area contributed by atoms with Crippen molar-refractivity contribution in [3.8, 4) is 6.07 Å². The maximum absolute atomic E-state index is 12.5. The molecule has 1 N–H and O–H groups in total. The summed E-state index contributed by atoms with van der Waals surface area (Å²) >= 11 is 0. The third-order valence-corrected chi connectivity index (χ3v) is 3.90. The predicted molar refractivity (Wildman–Crippen MR) is 95.9 cm³/mol. The zero-order chi connectivity index (χ0) is 19.8. The van der Waals surface area contributed by atoms with Crippen LogP contribution in [-0.4, -0.2) is 38.1 Å². The van der Waals surface area contributed by atoms with Gasteiger partial charge in [0.15, 0.2) is 0 Å². The van der Waals surface area contributed by atoms with Crippen molar-refractivity contribution in [1.29, 1.82) is 5.26 Å². The summed E-state index contributed by atoms with van der Waals surface area (Å²) in [7, 11) is 2.46. The van der Waals surface area contributed by atoms with Crippen LogP contribution in [0.5, 0.6) is 0 Å². The first-order valence-corrected chi connectivity index (χ1v) is 8.05. The van der Waals surface area contributed by atoms with E-state index in [2.05, 4.69) is 16.1 Å². The van der Waals surface area contributed by atoms with Crippen LogP contribution in [0.25, 0.3) is 0 Å².